The van der Waals surface area contributed by atoms with Crippen molar-refractivity contribution in [3.05, 3.63) is 22.2 Å². The molecule has 1 rings (SSSR count). The molecule has 1 atom stereocenters. The molecule has 1 heterocycles. The van der Waals surface area contributed by atoms with Crippen molar-refractivity contribution in [2.24, 2.45) is 0 Å². The number of nitrogen functional groups attached to an aromatic ring is 1. The SMILES string of the molecule is CCC(C)NC(=O)CCNc1nc(N)ccc1[N+](=O)[O-]. The van der Waals surface area contributed by atoms with Gasteiger partial charge in [-0.2, -0.15) is 0 Å². The van der Waals surface area contributed by atoms with Gasteiger partial charge in [-0.3, -0.25) is 14.9 Å². The lowest BCUT2D eigenvalue weighted by Crippen LogP contribution is -2.33. The fourth-order valence-corrected chi connectivity index (χ4v) is 1.49. The normalized spacial score (nSPS) is 11.7. The van der Waals surface area contributed by atoms with Crippen LogP contribution in [0.3, 0.4) is 0 Å². The van der Waals surface area contributed by atoms with E-state index in [0.29, 0.717) is 0 Å². The highest BCUT2D eigenvalue weighted by Gasteiger charge is 2.15. The number of nitro groups is 1. The topological polar surface area (TPSA) is 123 Å². The molecule has 0 aliphatic carbocycles. The molecule has 0 spiro atoms. The van der Waals surface area contributed by atoms with Crippen molar-refractivity contribution in [2.45, 2.75) is 32.7 Å². The second-order valence-electron chi connectivity index (χ2n) is 4.41. The zero-order valence-electron chi connectivity index (χ0n) is 11.5. The van der Waals surface area contributed by atoms with E-state index in [-0.39, 0.29) is 42.2 Å². The lowest BCUT2D eigenvalue weighted by Gasteiger charge is -2.11. The molecular formula is C12H19N5O3. The van der Waals surface area contributed by atoms with Crippen LogP contribution in [-0.4, -0.2) is 28.4 Å². The van der Waals surface area contributed by atoms with E-state index in [4.69, 9.17) is 5.73 Å². The fraction of sp³-hybridized carbons (Fsp3) is 0.500. The maximum Gasteiger partial charge on any atom is 0.311 e. The second-order valence-corrected chi connectivity index (χ2v) is 4.41. The van der Waals surface area contributed by atoms with Crippen LogP contribution in [0.15, 0.2) is 12.1 Å². The van der Waals surface area contributed by atoms with Gasteiger partial charge in [-0.15, -0.1) is 0 Å². The third-order valence-electron chi connectivity index (χ3n) is 2.76. The summed E-state index contributed by atoms with van der Waals surface area (Å²) >= 11 is 0. The minimum Gasteiger partial charge on any atom is -0.384 e. The van der Waals surface area contributed by atoms with Crippen molar-refractivity contribution in [3.8, 4) is 0 Å². The number of hydrogen-bond acceptors (Lipinski definition) is 6. The average Bonchev–Trinajstić information content (AvgIpc) is 2.38. The Labute approximate surface area is 116 Å². The van der Waals surface area contributed by atoms with Gasteiger partial charge in [0.25, 0.3) is 0 Å². The monoisotopic (exact) mass is 281 g/mol. The summed E-state index contributed by atoms with van der Waals surface area (Å²) in [6.07, 6.45) is 1.05. The lowest BCUT2D eigenvalue weighted by atomic mass is 10.2. The van der Waals surface area contributed by atoms with Crippen molar-refractivity contribution in [1.29, 1.82) is 0 Å². The van der Waals surface area contributed by atoms with Gasteiger partial charge in [0, 0.05) is 25.1 Å². The average molecular weight is 281 g/mol. The molecule has 110 valence electrons. The Kier molecular flexibility index (Phi) is 5.70. The lowest BCUT2D eigenvalue weighted by molar-refractivity contribution is -0.384. The molecule has 0 aliphatic rings. The Bertz CT molecular complexity index is 492. The maximum absolute atomic E-state index is 11.6. The van der Waals surface area contributed by atoms with Crippen molar-refractivity contribution in [2.75, 3.05) is 17.6 Å². The van der Waals surface area contributed by atoms with Gasteiger partial charge in [0.15, 0.2) is 0 Å². The highest BCUT2D eigenvalue weighted by atomic mass is 16.6. The van der Waals surface area contributed by atoms with Crippen molar-refractivity contribution in [3.63, 3.8) is 0 Å². The Morgan fingerprint density at radius 2 is 2.25 bits per heavy atom. The quantitative estimate of drug-likeness (QED) is 0.511. The van der Waals surface area contributed by atoms with Crippen LogP contribution in [0, 0.1) is 10.1 Å². The second kappa shape index (κ2) is 7.27. The minimum atomic E-state index is -0.548. The third kappa shape index (κ3) is 4.71. The van der Waals surface area contributed by atoms with Crippen LogP contribution in [0.2, 0.25) is 0 Å². The zero-order valence-corrected chi connectivity index (χ0v) is 11.5. The van der Waals surface area contributed by atoms with E-state index in [0.717, 1.165) is 6.42 Å². The molecule has 0 fully saturated rings. The van der Waals surface area contributed by atoms with Crippen LogP contribution >= 0.6 is 0 Å². The van der Waals surface area contributed by atoms with E-state index in [1.54, 1.807) is 0 Å². The molecular weight excluding hydrogens is 262 g/mol. The standard InChI is InChI=1S/C12H19N5O3/c1-3-8(2)15-11(18)6-7-14-12-9(17(19)20)4-5-10(13)16-12/h4-5,8H,3,6-7H2,1-2H3,(H,15,18)(H3,13,14,16). The van der Waals surface area contributed by atoms with Gasteiger partial charge in [-0.05, 0) is 19.4 Å². The highest BCUT2D eigenvalue weighted by Crippen LogP contribution is 2.22. The largest absolute Gasteiger partial charge is 0.384 e. The summed E-state index contributed by atoms with van der Waals surface area (Å²) in [6, 6.07) is 2.75. The molecule has 8 heteroatoms. The summed E-state index contributed by atoms with van der Waals surface area (Å²) in [5, 5.41) is 16.4. The van der Waals surface area contributed by atoms with Crippen LogP contribution in [0.1, 0.15) is 26.7 Å². The van der Waals surface area contributed by atoms with Gasteiger partial charge in [0.2, 0.25) is 11.7 Å². The predicted octanol–water partition coefficient (Wildman–Crippen LogP) is 1.29. The third-order valence-corrected chi connectivity index (χ3v) is 2.76. The predicted molar refractivity (Wildman–Crippen MR) is 76.3 cm³/mol. The van der Waals surface area contributed by atoms with Crippen LogP contribution in [0.5, 0.6) is 0 Å². The van der Waals surface area contributed by atoms with Gasteiger partial charge in [-0.25, -0.2) is 4.98 Å². The van der Waals surface area contributed by atoms with Crippen LogP contribution in [-0.2, 0) is 4.79 Å². The summed E-state index contributed by atoms with van der Waals surface area (Å²) in [5.74, 6) is 0.145. The van der Waals surface area contributed by atoms with E-state index in [2.05, 4.69) is 15.6 Å². The number of carbonyl (C=O) groups excluding carboxylic acids is 1. The molecule has 0 aromatic carbocycles. The number of anilines is 2. The Hall–Kier alpha value is -2.38. The molecule has 1 aromatic heterocycles. The highest BCUT2D eigenvalue weighted by molar-refractivity contribution is 5.76. The van der Waals surface area contributed by atoms with E-state index >= 15 is 0 Å². The summed E-state index contributed by atoms with van der Waals surface area (Å²) < 4.78 is 0. The van der Waals surface area contributed by atoms with Gasteiger partial charge in [0.1, 0.15) is 5.82 Å². The Morgan fingerprint density at radius 1 is 1.55 bits per heavy atom. The molecule has 0 bridgehead atoms. The van der Waals surface area contributed by atoms with Crippen molar-refractivity contribution < 1.29 is 9.72 Å². The summed E-state index contributed by atoms with van der Waals surface area (Å²) in [7, 11) is 0. The molecule has 1 amide bonds. The number of nitrogens with one attached hydrogen (secondary N) is 2. The number of carbonyl (C=O) groups is 1. The smallest absolute Gasteiger partial charge is 0.311 e. The zero-order chi connectivity index (χ0) is 15.1. The van der Waals surface area contributed by atoms with Crippen LogP contribution < -0.4 is 16.4 Å². The molecule has 20 heavy (non-hydrogen) atoms. The first kappa shape index (κ1) is 15.7. The van der Waals surface area contributed by atoms with Gasteiger partial charge in [-0.1, -0.05) is 6.92 Å². The maximum atomic E-state index is 11.6. The van der Waals surface area contributed by atoms with E-state index in [1.807, 2.05) is 13.8 Å². The summed E-state index contributed by atoms with van der Waals surface area (Å²) in [5.41, 5.74) is 5.32. The molecule has 0 saturated heterocycles. The number of hydrogen-bond donors (Lipinski definition) is 3. The van der Waals surface area contributed by atoms with Gasteiger partial charge < -0.3 is 16.4 Å². The number of nitrogens with zero attached hydrogens (tertiary/aromatic N) is 2. The van der Waals surface area contributed by atoms with E-state index in [1.165, 1.54) is 12.1 Å². The molecule has 4 N–H and O–H groups in total. The number of rotatable bonds is 7. The van der Waals surface area contributed by atoms with Gasteiger partial charge in [0.05, 0.1) is 4.92 Å². The van der Waals surface area contributed by atoms with Crippen molar-refractivity contribution in [1.82, 2.24) is 10.3 Å². The van der Waals surface area contributed by atoms with Crippen LogP contribution in [0.4, 0.5) is 17.3 Å². The number of nitrogens with two attached hydrogens (primary N) is 1. The minimum absolute atomic E-state index is 0.0753. The Balaban J connectivity index is 2.55. The number of amides is 1. The number of pyridine rings is 1. The first-order valence-electron chi connectivity index (χ1n) is 6.38. The van der Waals surface area contributed by atoms with Gasteiger partial charge >= 0.3 is 5.69 Å². The van der Waals surface area contributed by atoms with Crippen molar-refractivity contribution >= 4 is 23.2 Å². The first-order valence-corrected chi connectivity index (χ1v) is 6.38. The van der Waals surface area contributed by atoms with E-state index < -0.39 is 4.92 Å². The molecule has 0 radical (unpaired) electrons. The van der Waals surface area contributed by atoms with E-state index in [9.17, 15) is 14.9 Å². The molecule has 1 unspecified atom stereocenters. The van der Waals surface area contributed by atoms with Crippen LogP contribution in [0.25, 0.3) is 0 Å². The number of aromatic nitrogens is 1. The summed E-state index contributed by atoms with van der Waals surface area (Å²) in [4.78, 5) is 25.7. The molecule has 8 nitrogen and oxygen atoms in total. The summed E-state index contributed by atoms with van der Waals surface area (Å²) in [6.45, 7) is 4.14. The Morgan fingerprint density at radius 3 is 2.85 bits per heavy atom. The molecule has 0 saturated carbocycles. The molecule has 1 aromatic rings. The fourth-order valence-electron chi connectivity index (χ4n) is 1.49. The first-order chi connectivity index (χ1) is 9.43. The molecule has 0 aliphatic heterocycles.